The second-order valence-corrected chi connectivity index (χ2v) is 8.51. The van der Waals surface area contributed by atoms with Crippen LogP contribution in [0.15, 0.2) is 88.7 Å². The van der Waals surface area contributed by atoms with Crippen LogP contribution in [0.2, 0.25) is 5.02 Å². The van der Waals surface area contributed by atoms with Crippen LogP contribution in [0.4, 0.5) is 11.4 Å². The number of hydrogen-bond acceptors (Lipinski definition) is 4. The van der Waals surface area contributed by atoms with Gasteiger partial charge in [-0.1, -0.05) is 59.8 Å². The molecule has 0 aliphatic carbocycles. The Morgan fingerprint density at radius 3 is 2.20 bits per heavy atom. The number of halogens is 1. The predicted octanol–water partition coefficient (Wildman–Crippen LogP) is 5.48. The van der Waals surface area contributed by atoms with Crippen LogP contribution in [0.25, 0.3) is 5.57 Å². The van der Waals surface area contributed by atoms with E-state index < -0.39 is 0 Å². The SMILES string of the molecule is CN(C)c1cccc(N2C(=O)C(Sc3ccc(Cl)cc3)=C(c3ccccc3)C2=O)c1. The Hall–Kier alpha value is -3.02. The lowest BCUT2D eigenvalue weighted by atomic mass is 10.1. The molecule has 4 nitrogen and oxygen atoms in total. The van der Waals surface area contributed by atoms with E-state index >= 15 is 0 Å². The average molecular weight is 435 g/mol. The molecule has 0 N–H and O–H groups in total. The molecule has 2 amide bonds. The topological polar surface area (TPSA) is 40.6 Å². The van der Waals surface area contributed by atoms with E-state index in [1.54, 1.807) is 18.2 Å². The number of imide groups is 1. The number of nitrogens with zero attached hydrogens (tertiary/aromatic N) is 2. The highest BCUT2D eigenvalue weighted by atomic mass is 35.5. The Balaban J connectivity index is 1.80. The third-order valence-electron chi connectivity index (χ3n) is 4.74. The third kappa shape index (κ3) is 3.86. The molecule has 30 heavy (non-hydrogen) atoms. The highest BCUT2D eigenvalue weighted by Crippen LogP contribution is 2.41. The number of hydrogen-bond donors (Lipinski definition) is 0. The van der Waals surface area contributed by atoms with Crippen molar-refractivity contribution in [2.75, 3.05) is 23.9 Å². The molecule has 1 aliphatic heterocycles. The highest BCUT2D eigenvalue weighted by molar-refractivity contribution is 8.04. The van der Waals surface area contributed by atoms with Gasteiger partial charge in [0.05, 0.1) is 16.2 Å². The first-order chi connectivity index (χ1) is 14.5. The monoisotopic (exact) mass is 434 g/mol. The number of thioether (sulfide) groups is 1. The fourth-order valence-electron chi connectivity index (χ4n) is 3.23. The lowest BCUT2D eigenvalue weighted by Gasteiger charge is -2.19. The maximum atomic E-state index is 13.5. The minimum atomic E-state index is -0.324. The molecule has 0 radical (unpaired) electrons. The zero-order chi connectivity index (χ0) is 21.3. The molecule has 3 aromatic carbocycles. The molecular weight excluding hydrogens is 416 g/mol. The third-order valence-corrected chi connectivity index (χ3v) is 6.08. The van der Waals surface area contributed by atoms with Gasteiger partial charge < -0.3 is 4.90 Å². The summed E-state index contributed by atoms with van der Waals surface area (Å²) >= 11 is 7.28. The summed E-state index contributed by atoms with van der Waals surface area (Å²) in [6.07, 6.45) is 0. The molecule has 6 heteroatoms. The molecule has 1 heterocycles. The zero-order valence-corrected chi connectivity index (χ0v) is 18.1. The van der Waals surface area contributed by atoms with E-state index in [-0.39, 0.29) is 11.8 Å². The molecule has 0 spiro atoms. The Labute approximate surface area is 184 Å². The smallest absolute Gasteiger partial charge is 0.272 e. The summed E-state index contributed by atoms with van der Waals surface area (Å²) in [6.45, 7) is 0. The van der Waals surface area contributed by atoms with Crippen LogP contribution in [0.3, 0.4) is 0 Å². The van der Waals surface area contributed by atoms with E-state index in [0.717, 1.165) is 16.1 Å². The van der Waals surface area contributed by atoms with Crippen molar-refractivity contribution in [1.82, 2.24) is 0 Å². The zero-order valence-electron chi connectivity index (χ0n) is 16.5. The van der Waals surface area contributed by atoms with Crippen molar-refractivity contribution in [2.45, 2.75) is 4.90 Å². The maximum absolute atomic E-state index is 13.5. The molecule has 0 fully saturated rings. The Morgan fingerprint density at radius 2 is 1.53 bits per heavy atom. The lowest BCUT2D eigenvalue weighted by molar-refractivity contribution is -0.119. The Bertz CT molecular complexity index is 1140. The summed E-state index contributed by atoms with van der Waals surface area (Å²) in [5, 5.41) is 0.618. The molecule has 0 unspecified atom stereocenters. The van der Waals surface area contributed by atoms with Crippen molar-refractivity contribution in [3.05, 3.63) is 94.4 Å². The van der Waals surface area contributed by atoms with Gasteiger partial charge >= 0.3 is 0 Å². The minimum absolute atomic E-state index is 0.321. The van der Waals surface area contributed by atoms with Crippen molar-refractivity contribution in [3.8, 4) is 0 Å². The summed E-state index contributed by atoms with van der Waals surface area (Å²) in [4.78, 5) is 31.3. The number of carbonyl (C=O) groups excluding carboxylic acids is 2. The van der Waals surface area contributed by atoms with Gasteiger partial charge in [-0.25, -0.2) is 4.90 Å². The first-order valence-corrected chi connectivity index (χ1v) is 10.5. The predicted molar refractivity (Wildman–Crippen MR) is 124 cm³/mol. The van der Waals surface area contributed by atoms with E-state index in [1.165, 1.54) is 16.7 Å². The molecule has 3 aromatic rings. The summed E-state index contributed by atoms with van der Waals surface area (Å²) < 4.78 is 0. The van der Waals surface area contributed by atoms with Crippen molar-refractivity contribution in [3.63, 3.8) is 0 Å². The van der Waals surface area contributed by atoms with Gasteiger partial charge in [-0.3, -0.25) is 9.59 Å². The molecule has 0 saturated heterocycles. The second-order valence-electron chi connectivity index (χ2n) is 6.99. The van der Waals surface area contributed by atoms with E-state index in [4.69, 9.17) is 11.6 Å². The molecule has 0 bridgehead atoms. The van der Waals surface area contributed by atoms with Crippen molar-refractivity contribution in [2.24, 2.45) is 0 Å². The van der Waals surface area contributed by atoms with Crippen molar-refractivity contribution in [1.29, 1.82) is 0 Å². The Morgan fingerprint density at radius 1 is 0.833 bits per heavy atom. The summed E-state index contributed by atoms with van der Waals surface area (Å²) in [5.41, 5.74) is 2.60. The van der Waals surface area contributed by atoms with Crippen molar-refractivity contribution < 1.29 is 9.59 Å². The molecule has 150 valence electrons. The fraction of sp³-hybridized carbons (Fsp3) is 0.0833. The number of anilines is 2. The molecule has 1 aliphatic rings. The minimum Gasteiger partial charge on any atom is -0.378 e. The van der Waals surface area contributed by atoms with Crippen LogP contribution >= 0.6 is 23.4 Å². The van der Waals surface area contributed by atoms with Gasteiger partial charge in [-0.05, 0) is 48.0 Å². The van der Waals surface area contributed by atoms with Crippen LogP contribution in [-0.4, -0.2) is 25.9 Å². The van der Waals surface area contributed by atoms with Crippen LogP contribution in [0.5, 0.6) is 0 Å². The Kier molecular flexibility index (Phi) is 5.66. The van der Waals surface area contributed by atoms with E-state index in [1.807, 2.05) is 79.7 Å². The standard InChI is InChI=1S/C24H19ClN2O2S/c1-26(2)18-9-6-10-19(15-18)27-23(28)21(16-7-4-3-5-8-16)22(24(27)29)30-20-13-11-17(25)12-14-20/h3-15H,1-2H3. The summed E-state index contributed by atoms with van der Waals surface area (Å²) in [7, 11) is 3.84. The first-order valence-electron chi connectivity index (χ1n) is 9.35. The molecular formula is C24H19ClN2O2S. The van der Waals surface area contributed by atoms with Gasteiger partial charge in [-0.2, -0.15) is 0 Å². The van der Waals surface area contributed by atoms with Gasteiger partial charge in [0.2, 0.25) is 0 Å². The molecule has 0 aromatic heterocycles. The fourth-order valence-corrected chi connectivity index (χ4v) is 4.35. The van der Waals surface area contributed by atoms with Gasteiger partial charge in [0.15, 0.2) is 0 Å². The second kappa shape index (κ2) is 8.38. The molecule has 0 saturated carbocycles. The van der Waals surface area contributed by atoms with Crippen molar-refractivity contribution >= 4 is 52.1 Å². The number of carbonyl (C=O) groups is 2. The van der Waals surface area contributed by atoms with Gasteiger partial charge in [0.1, 0.15) is 0 Å². The number of benzene rings is 3. The van der Waals surface area contributed by atoms with E-state index in [9.17, 15) is 9.59 Å². The van der Waals surface area contributed by atoms with Gasteiger partial charge in [0, 0.05) is 29.7 Å². The number of amides is 2. The van der Waals surface area contributed by atoms with Crippen LogP contribution in [-0.2, 0) is 9.59 Å². The first kappa shape index (κ1) is 20.3. The largest absolute Gasteiger partial charge is 0.378 e. The quantitative estimate of drug-likeness (QED) is 0.498. The summed E-state index contributed by atoms with van der Waals surface area (Å²) in [5.74, 6) is -0.645. The van der Waals surface area contributed by atoms with E-state index in [2.05, 4.69) is 0 Å². The maximum Gasteiger partial charge on any atom is 0.272 e. The average Bonchev–Trinajstić information content (AvgIpc) is 3.00. The lowest BCUT2D eigenvalue weighted by Crippen LogP contribution is -2.31. The molecule has 4 rings (SSSR count). The number of rotatable bonds is 5. The molecule has 0 atom stereocenters. The highest BCUT2D eigenvalue weighted by Gasteiger charge is 2.40. The van der Waals surface area contributed by atoms with Crippen LogP contribution < -0.4 is 9.80 Å². The van der Waals surface area contributed by atoms with E-state index in [0.29, 0.717) is 21.2 Å². The van der Waals surface area contributed by atoms with Gasteiger partial charge in [0.25, 0.3) is 11.8 Å². The van der Waals surface area contributed by atoms with Crippen LogP contribution in [0, 0.1) is 0 Å². The normalized spacial score (nSPS) is 13.9. The summed E-state index contributed by atoms with van der Waals surface area (Å²) in [6, 6.07) is 23.9. The van der Waals surface area contributed by atoms with Crippen LogP contribution in [0.1, 0.15) is 5.56 Å². The van der Waals surface area contributed by atoms with Gasteiger partial charge in [-0.15, -0.1) is 0 Å².